The van der Waals surface area contributed by atoms with Crippen molar-refractivity contribution >= 4 is 17.7 Å². The van der Waals surface area contributed by atoms with Gasteiger partial charge in [-0.15, -0.1) is 0 Å². The molecule has 0 aliphatic carbocycles. The van der Waals surface area contributed by atoms with Gasteiger partial charge in [0, 0.05) is 18.7 Å². The van der Waals surface area contributed by atoms with E-state index in [4.69, 9.17) is 5.11 Å². The van der Waals surface area contributed by atoms with E-state index in [1.165, 1.54) is 12.5 Å². The topological polar surface area (TPSA) is 64.3 Å². The van der Waals surface area contributed by atoms with Gasteiger partial charge in [0.1, 0.15) is 6.07 Å². The number of nitriles is 1. The van der Waals surface area contributed by atoms with Gasteiger partial charge in [-0.25, -0.2) is 4.79 Å². The molecular formula is C17H20N2O2. The van der Waals surface area contributed by atoms with Gasteiger partial charge in [0.25, 0.3) is 0 Å². The van der Waals surface area contributed by atoms with Gasteiger partial charge in [-0.05, 0) is 49.5 Å². The molecule has 0 bridgehead atoms. The summed E-state index contributed by atoms with van der Waals surface area (Å²) in [6.07, 6.45) is 4.95. The maximum absolute atomic E-state index is 10.6. The minimum Gasteiger partial charge on any atom is -0.478 e. The molecule has 0 radical (unpaired) electrons. The average Bonchev–Trinajstić information content (AvgIpc) is 2.48. The van der Waals surface area contributed by atoms with Gasteiger partial charge in [0.15, 0.2) is 0 Å². The van der Waals surface area contributed by atoms with Crippen LogP contribution in [0.5, 0.6) is 0 Å². The van der Waals surface area contributed by atoms with Crippen LogP contribution >= 0.6 is 0 Å². The largest absolute Gasteiger partial charge is 0.478 e. The van der Waals surface area contributed by atoms with Crippen molar-refractivity contribution in [3.8, 4) is 6.07 Å². The highest BCUT2D eigenvalue weighted by Gasteiger charge is 2.26. The molecule has 4 heteroatoms. The van der Waals surface area contributed by atoms with Crippen molar-refractivity contribution in [1.82, 2.24) is 0 Å². The second-order valence-electron chi connectivity index (χ2n) is 5.61. The summed E-state index contributed by atoms with van der Waals surface area (Å²) in [5, 5.41) is 18.0. The van der Waals surface area contributed by atoms with Crippen LogP contribution in [-0.4, -0.2) is 23.7 Å². The van der Waals surface area contributed by atoms with Crippen molar-refractivity contribution in [3.63, 3.8) is 0 Å². The molecule has 0 spiro atoms. The Bertz CT molecular complexity index is 601. The molecule has 2 unspecified atom stereocenters. The summed E-state index contributed by atoms with van der Waals surface area (Å²) in [4.78, 5) is 12.8. The van der Waals surface area contributed by atoms with Gasteiger partial charge in [-0.2, -0.15) is 5.26 Å². The second kappa shape index (κ2) is 6.45. The number of nitrogens with zero attached hydrogens (tertiary/aromatic N) is 2. The summed E-state index contributed by atoms with van der Waals surface area (Å²) in [5.41, 5.74) is 2.28. The van der Waals surface area contributed by atoms with Gasteiger partial charge < -0.3 is 10.0 Å². The van der Waals surface area contributed by atoms with E-state index in [1.807, 2.05) is 12.1 Å². The number of carboxylic acids is 1. The summed E-state index contributed by atoms with van der Waals surface area (Å²) in [5.74, 6) is -0.382. The first-order chi connectivity index (χ1) is 10.0. The predicted molar refractivity (Wildman–Crippen MR) is 83.0 cm³/mol. The lowest BCUT2D eigenvalue weighted by molar-refractivity contribution is -0.131. The van der Waals surface area contributed by atoms with Crippen molar-refractivity contribution < 1.29 is 9.90 Å². The maximum Gasteiger partial charge on any atom is 0.328 e. The Balaban J connectivity index is 2.32. The zero-order valence-electron chi connectivity index (χ0n) is 12.4. The number of piperidine rings is 1. The van der Waals surface area contributed by atoms with E-state index in [0.717, 1.165) is 30.3 Å². The van der Waals surface area contributed by atoms with E-state index >= 15 is 0 Å². The standard InChI is InChI=1S/C17H20N2O2/c1-12-4-3-9-19(13(12)2)16-7-5-14(6-8-17(20)21)10-15(16)11-18/h5-8,10,12-13H,3-4,9H2,1-2H3,(H,20,21)/b8-6+. The van der Waals surface area contributed by atoms with E-state index in [9.17, 15) is 10.1 Å². The number of carboxylic acid groups (broad SMARTS) is 1. The van der Waals surface area contributed by atoms with Crippen LogP contribution in [0.15, 0.2) is 24.3 Å². The molecule has 4 nitrogen and oxygen atoms in total. The molecule has 1 aliphatic rings. The molecule has 0 amide bonds. The fraction of sp³-hybridized carbons (Fsp3) is 0.412. The van der Waals surface area contributed by atoms with Gasteiger partial charge >= 0.3 is 5.97 Å². The second-order valence-corrected chi connectivity index (χ2v) is 5.61. The molecule has 1 aromatic carbocycles. The van der Waals surface area contributed by atoms with Gasteiger partial charge in [0.05, 0.1) is 11.3 Å². The minimum atomic E-state index is -0.990. The van der Waals surface area contributed by atoms with E-state index in [0.29, 0.717) is 17.5 Å². The zero-order valence-corrected chi connectivity index (χ0v) is 12.4. The first-order valence-corrected chi connectivity index (χ1v) is 7.24. The fourth-order valence-corrected chi connectivity index (χ4v) is 2.84. The number of carbonyl (C=O) groups is 1. The highest BCUT2D eigenvalue weighted by molar-refractivity contribution is 5.85. The van der Waals surface area contributed by atoms with Crippen LogP contribution in [0.3, 0.4) is 0 Å². The normalized spacial score (nSPS) is 22.2. The third-order valence-electron chi connectivity index (χ3n) is 4.24. The van der Waals surface area contributed by atoms with E-state index in [2.05, 4.69) is 24.8 Å². The number of hydrogen-bond acceptors (Lipinski definition) is 3. The molecule has 1 aliphatic heterocycles. The Labute approximate surface area is 125 Å². The van der Waals surface area contributed by atoms with E-state index in [-0.39, 0.29) is 0 Å². The molecule has 110 valence electrons. The molecule has 2 atom stereocenters. The van der Waals surface area contributed by atoms with Crippen molar-refractivity contribution in [2.75, 3.05) is 11.4 Å². The van der Waals surface area contributed by atoms with Crippen molar-refractivity contribution in [1.29, 1.82) is 5.26 Å². The van der Waals surface area contributed by atoms with Crippen LogP contribution in [0.1, 0.15) is 37.8 Å². The van der Waals surface area contributed by atoms with Crippen LogP contribution in [-0.2, 0) is 4.79 Å². The molecule has 0 aromatic heterocycles. The van der Waals surface area contributed by atoms with Crippen molar-refractivity contribution in [2.45, 2.75) is 32.7 Å². The summed E-state index contributed by atoms with van der Waals surface area (Å²) in [6, 6.07) is 8.18. The van der Waals surface area contributed by atoms with Crippen molar-refractivity contribution in [3.05, 3.63) is 35.4 Å². The van der Waals surface area contributed by atoms with Crippen molar-refractivity contribution in [2.24, 2.45) is 5.92 Å². The van der Waals surface area contributed by atoms with Crippen LogP contribution in [0.2, 0.25) is 0 Å². The summed E-state index contributed by atoms with van der Waals surface area (Å²) in [7, 11) is 0. The number of benzene rings is 1. The fourth-order valence-electron chi connectivity index (χ4n) is 2.84. The summed E-state index contributed by atoms with van der Waals surface area (Å²) < 4.78 is 0. The summed E-state index contributed by atoms with van der Waals surface area (Å²) >= 11 is 0. The number of aliphatic carboxylic acids is 1. The molecule has 0 saturated carbocycles. The third-order valence-corrected chi connectivity index (χ3v) is 4.24. The Morgan fingerprint density at radius 3 is 2.90 bits per heavy atom. The third kappa shape index (κ3) is 3.43. The molecular weight excluding hydrogens is 264 g/mol. The Morgan fingerprint density at radius 2 is 2.24 bits per heavy atom. The Kier molecular flexibility index (Phi) is 4.64. The average molecular weight is 284 g/mol. The maximum atomic E-state index is 10.6. The molecule has 2 rings (SSSR count). The highest BCUT2D eigenvalue weighted by Crippen LogP contribution is 2.31. The Morgan fingerprint density at radius 1 is 1.48 bits per heavy atom. The quantitative estimate of drug-likeness (QED) is 0.865. The lowest BCUT2D eigenvalue weighted by Crippen LogP contribution is -2.42. The van der Waals surface area contributed by atoms with Crippen LogP contribution < -0.4 is 4.90 Å². The first kappa shape index (κ1) is 15.1. The number of hydrogen-bond donors (Lipinski definition) is 1. The van der Waals surface area contributed by atoms with Crippen LogP contribution in [0.25, 0.3) is 6.08 Å². The highest BCUT2D eigenvalue weighted by atomic mass is 16.4. The van der Waals surface area contributed by atoms with Gasteiger partial charge in [0.2, 0.25) is 0 Å². The molecule has 1 heterocycles. The predicted octanol–water partition coefficient (Wildman–Crippen LogP) is 3.28. The van der Waals surface area contributed by atoms with E-state index in [1.54, 1.807) is 6.07 Å². The molecule has 1 fully saturated rings. The first-order valence-electron chi connectivity index (χ1n) is 7.24. The zero-order chi connectivity index (χ0) is 15.4. The molecule has 21 heavy (non-hydrogen) atoms. The van der Waals surface area contributed by atoms with Gasteiger partial charge in [-0.3, -0.25) is 0 Å². The lowest BCUT2D eigenvalue weighted by Gasteiger charge is -2.40. The summed E-state index contributed by atoms with van der Waals surface area (Å²) in [6.45, 7) is 5.40. The SMILES string of the molecule is CC1CCCN(c2ccc(/C=C/C(=O)O)cc2C#N)C1C. The lowest BCUT2D eigenvalue weighted by atomic mass is 9.91. The van der Waals surface area contributed by atoms with Crippen LogP contribution in [0, 0.1) is 17.2 Å². The molecule has 1 saturated heterocycles. The van der Waals surface area contributed by atoms with Crippen LogP contribution in [0.4, 0.5) is 5.69 Å². The molecule has 1 aromatic rings. The van der Waals surface area contributed by atoms with Gasteiger partial charge in [-0.1, -0.05) is 13.0 Å². The Hall–Kier alpha value is -2.28. The smallest absolute Gasteiger partial charge is 0.328 e. The number of rotatable bonds is 3. The molecule has 1 N–H and O–H groups in total. The number of anilines is 1. The monoisotopic (exact) mass is 284 g/mol. The minimum absolute atomic E-state index is 0.409. The van der Waals surface area contributed by atoms with E-state index < -0.39 is 5.97 Å².